The van der Waals surface area contributed by atoms with Crippen molar-refractivity contribution in [1.29, 1.82) is 0 Å². The number of carbonyl (C=O) groups is 1. The van der Waals surface area contributed by atoms with E-state index in [1.807, 2.05) is 30.3 Å². The number of hydrogen-bond acceptors (Lipinski definition) is 4. The number of carbonyl (C=O) groups excluding carboxylic acids is 1. The molecule has 2 aromatic rings. The Bertz CT molecular complexity index is 1010. The van der Waals surface area contributed by atoms with Gasteiger partial charge in [-0.15, -0.1) is 0 Å². The second-order valence-corrected chi connectivity index (χ2v) is 8.32. The lowest BCUT2D eigenvalue weighted by Crippen LogP contribution is -2.34. The monoisotopic (exact) mass is 369 g/mol. The van der Waals surface area contributed by atoms with Gasteiger partial charge in [-0.3, -0.25) is 4.79 Å². The molecule has 1 aromatic carbocycles. The first kappa shape index (κ1) is 16.4. The zero-order valence-corrected chi connectivity index (χ0v) is 15.7. The van der Waals surface area contributed by atoms with Crippen molar-refractivity contribution in [2.45, 2.75) is 32.6 Å². The second-order valence-electron chi connectivity index (χ2n) is 7.50. The third kappa shape index (κ3) is 2.79. The summed E-state index contributed by atoms with van der Waals surface area (Å²) in [4.78, 5) is 19.2. The minimum atomic E-state index is -0.174. The Kier molecular flexibility index (Phi) is 3.77. The molecule has 25 heavy (non-hydrogen) atoms. The van der Waals surface area contributed by atoms with E-state index >= 15 is 0 Å². The van der Waals surface area contributed by atoms with Gasteiger partial charge in [0.2, 0.25) is 0 Å². The normalized spacial score (nSPS) is 21.4. The summed E-state index contributed by atoms with van der Waals surface area (Å²) in [6.07, 6.45) is 1.37. The molecule has 2 aliphatic rings. The van der Waals surface area contributed by atoms with Crippen LogP contribution in [0.15, 0.2) is 41.6 Å². The highest BCUT2D eigenvalue weighted by Crippen LogP contribution is 2.48. The van der Waals surface area contributed by atoms with Gasteiger partial charge in [-0.1, -0.05) is 56.4 Å². The van der Waals surface area contributed by atoms with Crippen molar-refractivity contribution in [3.05, 3.63) is 62.1 Å². The molecule has 1 aliphatic heterocycles. The third-order valence-corrected chi connectivity index (χ3v) is 5.41. The molecule has 4 nitrogen and oxygen atoms in total. The van der Waals surface area contributed by atoms with E-state index in [-0.39, 0.29) is 17.1 Å². The zero-order chi connectivity index (χ0) is 17.8. The number of rotatable bonds is 1. The summed E-state index contributed by atoms with van der Waals surface area (Å²) < 4.78 is 1.05. The summed E-state index contributed by atoms with van der Waals surface area (Å²) in [5.74, 6) is 0.814. The van der Waals surface area contributed by atoms with Gasteiger partial charge >= 0.3 is 0 Å². The molecule has 1 atom stereocenters. The van der Waals surface area contributed by atoms with Gasteiger partial charge in [0.05, 0.1) is 0 Å². The van der Waals surface area contributed by atoms with Gasteiger partial charge in [0, 0.05) is 29.2 Å². The molecule has 1 aromatic heterocycles. The number of H-pyrrole nitrogens is 2. The molecule has 0 saturated carbocycles. The van der Waals surface area contributed by atoms with Crippen molar-refractivity contribution in [2.75, 3.05) is 5.32 Å². The smallest absolute Gasteiger partial charge is 0.177 e. The van der Waals surface area contributed by atoms with Crippen molar-refractivity contribution in [1.82, 2.24) is 9.97 Å². The average Bonchev–Trinajstić information content (AvgIpc) is 2.52. The Morgan fingerprint density at radius 2 is 1.80 bits per heavy atom. The van der Waals surface area contributed by atoms with Crippen molar-refractivity contribution < 1.29 is 4.79 Å². The number of anilines is 1. The molecule has 128 valence electrons. The van der Waals surface area contributed by atoms with Gasteiger partial charge in [-0.2, -0.15) is 0 Å². The van der Waals surface area contributed by atoms with Crippen LogP contribution in [-0.2, 0) is 4.79 Å². The fourth-order valence-electron chi connectivity index (χ4n) is 3.93. The summed E-state index contributed by atoms with van der Waals surface area (Å²) in [5, 5.41) is 3.42. The number of Topliss-reactive ketones (excluding diaryl/α,β-unsaturated/α-hetero) is 1. The number of aromatic nitrogens is 2. The second kappa shape index (κ2) is 5.75. The van der Waals surface area contributed by atoms with Gasteiger partial charge in [-0.25, -0.2) is 0 Å². The van der Waals surface area contributed by atoms with E-state index < -0.39 is 0 Å². The number of fused-ring (bicyclic) bond motifs is 1. The maximum atomic E-state index is 13.0. The SMILES string of the molecule is CC1(C)CC(=O)C2=C(C1)Nc1[nH]c(=S)[nH]c(=S)c1C2c1ccccc1. The summed E-state index contributed by atoms with van der Waals surface area (Å²) >= 11 is 10.8. The number of benzene rings is 1. The van der Waals surface area contributed by atoms with Crippen LogP contribution in [-0.4, -0.2) is 15.8 Å². The fraction of sp³-hybridized carbons (Fsp3) is 0.316. The number of nitrogens with one attached hydrogen (secondary N) is 3. The lowest BCUT2D eigenvalue weighted by atomic mass is 9.69. The first-order valence-electron chi connectivity index (χ1n) is 8.30. The number of hydrogen-bond donors (Lipinski definition) is 3. The molecule has 0 bridgehead atoms. The Morgan fingerprint density at radius 1 is 1.08 bits per heavy atom. The maximum absolute atomic E-state index is 13.0. The molecule has 4 rings (SSSR count). The molecule has 6 heteroatoms. The van der Waals surface area contributed by atoms with E-state index in [1.165, 1.54) is 0 Å². The lowest BCUT2D eigenvalue weighted by molar-refractivity contribution is -0.118. The van der Waals surface area contributed by atoms with Crippen LogP contribution in [0, 0.1) is 14.8 Å². The Morgan fingerprint density at radius 3 is 2.52 bits per heavy atom. The minimum absolute atomic E-state index is 0.0594. The van der Waals surface area contributed by atoms with E-state index in [2.05, 4.69) is 29.1 Å². The zero-order valence-electron chi connectivity index (χ0n) is 14.1. The molecule has 0 saturated heterocycles. The van der Waals surface area contributed by atoms with Crippen LogP contribution >= 0.6 is 24.4 Å². The summed E-state index contributed by atoms with van der Waals surface area (Å²) in [5.41, 5.74) is 3.71. The molecule has 0 spiro atoms. The van der Waals surface area contributed by atoms with E-state index in [1.54, 1.807) is 0 Å². The standard InChI is InChI=1S/C19H19N3OS2/c1-19(2)8-11-14(12(23)9-19)13(10-6-4-3-5-7-10)15-16(20-11)21-18(25)22-17(15)24/h3-7,13H,8-9H2,1-2H3,(H3,20,21,22,24,25). The molecule has 0 amide bonds. The topological polar surface area (TPSA) is 60.7 Å². The molecular formula is C19H19N3OS2. The quantitative estimate of drug-likeness (QED) is 0.619. The molecular weight excluding hydrogens is 350 g/mol. The predicted molar refractivity (Wildman–Crippen MR) is 104 cm³/mol. The van der Waals surface area contributed by atoms with Crippen molar-refractivity contribution in [3.8, 4) is 0 Å². The van der Waals surface area contributed by atoms with E-state index in [0.717, 1.165) is 34.6 Å². The van der Waals surface area contributed by atoms with E-state index in [9.17, 15) is 4.79 Å². The largest absolute Gasteiger partial charge is 0.344 e. The van der Waals surface area contributed by atoms with Crippen LogP contribution in [0.25, 0.3) is 0 Å². The number of allylic oxidation sites excluding steroid dienone is 2. The highest BCUT2D eigenvalue weighted by molar-refractivity contribution is 7.72. The van der Waals surface area contributed by atoms with E-state index in [4.69, 9.17) is 24.4 Å². The predicted octanol–water partition coefficient (Wildman–Crippen LogP) is 5.00. The number of aromatic amines is 2. The summed E-state index contributed by atoms with van der Waals surface area (Å²) in [6, 6.07) is 10.1. The van der Waals surface area contributed by atoms with Gasteiger partial charge in [0.25, 0.3) is 0 Å². The summed E-state index contributed by atoms with van der Waals surface area (Å²) in [6.45, 7) is 4.26. The van der Waals surface area contributed by atoms with Gasteiger partial charge < -0.3 is 15.3 Å². The Balaban J connectivity index is 2.01. The van der Waals surface area contributed by atoms with Crippen LogP contribution in [0.2, 0.25) is 0 Å². The average molecular weight is 370 g/mol. The van der Waals surface area contributed by atoms with Crippen LogP contribution in [0.3, 0.4) is 0 Å². The lowest BCUT2D eigenvalue weighted by Gasteiger charge is -2.39. The molecule has 1 unspecified atom stereocenters. The van der Waals surface area contributed by atoms with Crippen molar-refractivity contribution in [2.24, 2.45) is 5.41 Å². The Hall–Kier alpha value is -2.05. The minimum Gasteiger partial charge on any atom is -0.344 e. The van der Waals surface area contributed by atoms with Crippen LogP contribution < -0.4 is 5.32 Å². The maximum Gasteiger partial charge on any atom is 0.177 e. The van der Waals surface area contributed by atoms with Crippen LogP contribution in [0.1, 0.15) is 43.7 Å². The highest BCUT2D eigenvalue weighted by Gasteiger charge is 2.41. The molecule has 0 fully saturated rings. The van der Waals surface area contributed by atoms with Crippen LogP contribution in [0.4, 0.5) is 5.82 Å². The fourth-order valence-corrected chi connectivity index (χ4v) is 4.52. The Labute approximate surface area is 156 Å². The molecule has 0 radical (unpaired) electrons. The first-order chi connectivity index (χ1) is 11.9. The van der Waals surface area contributed by atoms with Crippen molar-refractivity contribution >= 4 is 36.0 Å². The van der Waals surface area contributed by atoms with Gasteiger partial charge in [0.1, 0.15) is 10.5 Å². The molecule has 2 heterocycles. The van der Waals surface area contributed by atoms with Gasteiger partial charge in [0.15, 0.2) is 10.6 Å². The molecule has 1 aliphatic carbocycles. The third-order valence-electron chi connectivity index (χ3n) is 4.89. The van der Waals surface area contributed by atoms with Gasteiger partial charge in [-0.05, 0) is 29.6 Å². The molecule has 3 N–H and O–H groups in total. The summed E-state index contributed by atoms with van der Waals surface area (Å²) in [7, 11) is 0. The number of ketones is 1. The van der Waals surface area contributed by atoms with Crippen molar-refractivity contribution in [3.63, 3.8) is 0 Å². The van der Waals surface area contributed by atoms with E-state index in [0.29, 0.717) is 15.8 Å². The van der Waals surface area contributed by atoms with Crippen LogP contribution in [0.5, 0.6) is 0 Å². The highest BCUT2D eigenvalue weighted by atomic mass is 32.1. The first-order valence-corrected chi connectivity index (χ1v) is 9.12.